The standard InChI is InChI=1S/C7H3ClF3.Sc/c8-6-4-2-1-3-5(6)7(9,10)11;/h2-4H;/q-1;. The van der Waals surface area contributed by atoms with Crippen molar-refractivity contribution in [2.24, 2.45) is 0 Å². The number of alkyl halides is 3. The molecule has 0 fully saturated rings. The molecule has 0 aliphatic heterocycles. The van der Waals surface area contributed by atoms with Crippen LogP contribution in [0.2, 0.25) is 5.02 Å². The molecule has 0 nitrogen and oxygen atoms in total. The van der Waals surface area contributed by atoms with Crippen molar-refractivity contribution in [1.82, 2.24) is 0 Å². The second kappa shape index (κ2) is 4.42. The summed E-state index contributed by atoms with van der Waals surface area (Å²) in [5.41, 5.74) is -0.846. The Hall–Kier alpha value is 0.170. The van der Waals surface area contributed by atoms with Gasteiger partial charge in [0.15, 0.2) is 0 Å². The summed E-state index contributed by atoms with van der Waals surface area (Å²) in [6.45, 7) is 0. The molecule has 0 bridgehead atoms. The van der Waals surface area contributed by atoms with Gasteiger partial charge in [-0.15, -0.1) is 11.6 Å². The molecule has 1 aromatic carbocycles. The molecule has 63 valence electrons. The fourth-order valence-corrected chi connectivity index (χ4v) is 0.853. The van der Waals surface area contributed by atoms with Gasteiger partial charge in [0.2, 0.25) is 0 Å². The molecule has 5 heteroatoms. The maximum atomic E-state index is 11.9. The van der Waals surface area contributed by atoms with Gasteiger partial charge in [0.25, 0.3) is 0 Å². The average molecular weight is 225 g/mol. The minimum absolute atomic E-state index is 0. The first-order valence-corrected chi connectivity index (χ1v) is 3.12. The largest absolute Gasteiger partial charge is 0.371 e. The molecule has 0 spiro atoms. The van der Waals surface area contributed by atoms with Crippen molar-refractivity contribution in [2.45, 2.75) is 6.18 Å². The number of benzene rings is 1. The summed E-state index contributed by atoms with van der Waals surface area (Å²) in [7, 11) is 0. The molecule has 0 amide bonds. The summed E-state index contributed by atoms with van der Waals surface area (Å²) in [5, 5.41) is -0.295. The first-order valence-electron chi connectivity index (χ1n) is 2.74. The van der Waals surface area contributed by atoms with Crippen molar-refractivity contribution < 1.29 is 39.0 Å². The van der Waals surface area contributed by atoms with E-state index in [1.807, 2.05) is 0 Å². The Labute approximate surface area is 91.5 Å². The summed E-state index contributed by atoms with van der Waals surface area (Å²) >= 11 is 5.27. The molecular weight excluding hydrogens is 221 g/mol. The Balaban J connectivity index is 0.00000121. The van der Waals surface area contributed by atoms with Crippen LogP contribution in [0.5, 0.6) is 0 Å². The van der Waals surface area contributed by atoms with Crippen molar-refractivity contribution in [3.63, 3.8) is 0 Å². The normalized spacial score (nSPS) is 10.7. The maximum Gasteiger partial charge on any atom is 0.371 e. The van der Waals surface area contributed by atoms with Crippen LogP contribution in [0.4, 0.5) is 13.2 Å². The topological polar surface area (TPSA) is 0 Å². The van der Waals surface area contributed by atoms with Gasteiger partial charge in [0.05, 0.1) is 0 Å². The zero-order chi connectivity index (χ0) is 8.48. The zero-order valence-electron chi connectivity index (χ0n) is 5.82. The van der Waals surface area contributed by atoms with Crippen LogP contribution in [0.25, 0.3) is 0 Å². The Bertz CT molecular complexity index is 259. The second-order valence-corrected chi connectivity index (χ2v) is 2.31. The molecule has 0 saturated carbocycles. The summed E-state index contributed by atoms with van der Waals surface area (Å²) < 4.78 is 35.8. The van der Waals surface area contributed by atoms with Crippen LogP contribution in [0.1, 0.15) is 5.56 Å². The maximum absolute atomic E-state index is 11.9. The molecule has 0 aliphatic carbocycles. The molecule has 0 unspecified atom stereocenters. The first-order chi connectivity index (χ1) is 5.02. The van der Waals surface area contributed by atoms with Crippen LogP contribution < -0.4 is 0 Å². The van der Waals surface area contributed by atoms with E-state index in [1.165, 1.54) is 6.07 Å². The zero-order valence-corrected chi connectivity index (χ0v) is 8.38. The Kier molecular flexibility index (Phi) is 4.48. The van der Waals surface area contributed by atoms with E-state index in [1.54, 1.807) is 0 Å². The van der Waals surface area contributed by atoms with Crippen LogP contribution in [0.15, 0.2) is 18.2 Å². The fourth-order valence-electron chi connectivity index (χ4n) is 0.629. The van der Waals surface area contributed by atoms with E-state index in [9.17, 15) is 13.2 Å². The smallest absolute Gasteiger partial charge is 0.183 e. The Morgan fingerprint density at radius 1 is 1.33 bits per heavy atom. The first kappa shape index (κ1) is 12.2. The fraction of sp³-hybridized carbons (Fsp3) is 0.143. The van der Waals surface area contributed by atoms with Gasteiger partial charge in [-0.3, -0.25) is 0 Å². The summed E-state index contributed by atoms with van der Waals surface area (Å²) in [6.07, 6.45) is -4.38. The van der Waals surface area contributed by atoms with Crippen molar-refractivity contribution in [3.05, 3.63) is 34.9 Å². The Morgan fingerprint density at radius 3 is 2.25 bits per heavy atom. The quantitative estimate of drug-likeness (QED) is 0.594. The van der Waals surface area contributed by atoms with Crippen molar-refractivity contribution in [3.8, 4) is 0 Å². The molecule has 0 aliphatic rings. The van der Waals surface area contributed by atoms with Gasteiger partial charge in [0.1, 0.15) is 0 Å². The number of rotatable bonds is 0. The predicted molar refractivity (Wildman–Crippen MR) is 35.3 cm³/mol. The average Bonchev–Trinajstić information content (AvgIpc) is 1.86. The molecule has 12 heavy (non-hydrogen) atoms. The third-order valence-electron chi connectivity index (χ3n) is 1.12. The van der Waals surface area contributed by atoms with E-state index in [0.29, 0.717) is 0 Å². The Morgan fingerprint density at radius 2 is 1.92 bits per heavy atom. The van der Waals surface area contributed by atoms with Gasteiger partial charge >= 0.3 is 6.18 Å². The minimum Gasteiger partial charge on any atom is -0.183 e. The number of halogens is 4. The van der Waals surface area contributed by atoms with E-state index in [-0.39, 0.29) is 30.9 Å². The number of hydrogen-bond acceptors (Lipinski definition) is 0. The SMILES string of the molecule is FC(F)(F)c1c[c-]ccc1Cl.[Sc]. The van der Waals surface area contributed by atoms with Gasteiger partial charge in [-0.1, -0.05) is 5.02 Å². The van der Waals surface area contributed by atoms with E-state index in [4.69, 9.17) is 11.6 Å². The molecule has 1 radical (unpaired) electrons. The number of hydrogen-bond donors (Lipinski definition) is 0. The molecule has 1 aromatic rings. The predicted octanol–water partition coefficient (Wildman–Crippen LogP) is 3.16. The van der Waals surface area contributed by atoms with Crippen molar-refractivity contribution in [1.29, 1.82) is 0 Å². The molecule has 1 rings (SSSR count). The molecule has 0 heterocycles. The van der Waals surface area contributed by atoms with Crippen LogP contribution in [0, 0.1) is 6.07 Å². The molecular formula is C7H3ClF3Sc-. The summed E-state index contributed by atoms with van der Waals surface area (Å²) in [5.74, 6) is 0. The van der Waals surface area contributed by atoms with Crippen LogP contribution in [0.3, 0.4) is 0 Å². The van der Waals surface area contributed by atoms with Crippen molar-refractivity contribution >= 4 is 11.6 Å². The molecule has 0 N–H and O–H groups in total. The van der Waals surface area contributed by atoms with Gasteiger partial charge in [-0.25, -0.2) is 0 Å². The van der Waals surface area contributed by atoms with E-state index < -0.39 is 11.7 Å². The minimum atomic E-state index is -4.38. The monoisotopic (exact) mass is 224 g/mol. The van der Waals surface area contributed by atoms with E-state index in [0.717, 1.165) is 12.1 Å². The molecule has 0 atom stereocenters. The van der Waals surface area contributed by atoms with Gasteiger partial charge < -0.3 is 0 Å². The van der Waals surface area contributed by atoms with E-state index in [2.05, 4.69) is 6.07 Å². The van der Waals surface area contributed by atoms with Crippen LogP contribution >= 0.6 is 11.6 Å². The summed E-state index contributed by atoms with van der Waals surface area (Å²) in [6, 6.07) is 5.61. The summed E-state index contributed by atoms with van der Waals surface area (Å²) in [4.78, 5) is 0. The second-order valence-electron chi connectivity index (χ2n) is 1.90. The molecule has 0 aromatic heterocycles. The van der Waals surface area contributed by atoms with Crippen LogP contribution in [-0.4, -0.2) is 0 Å². The van der Waals surface area contributed by atoms with Gasteiger partial charge in [0, 0.05) is 25.8 Å². The van der Waals surface area contributed by atoms with Gasteiger partial charge in [-0.2, -0.15) is 37.4 Å². The van der Waals surface area contributed by atoms with Crippen LogP contribution in [-0.2, 0) is 32.0 Å². The third kappa shape index (κ3) is 2.90. The van der Waals surface area contributed by atoms with Gasteiger partial charge in [-0.05, 0) is 5.56 Å². The van der Waals surface area contributed by atoms with Crippen molar-refractivity contribution in [2.75, 3.05) is 0 Å². The molecule has 0 saturated heterocycles. The third-order valence-corrected chi connectivity index (χ3v) is 1.45. The van der Waals surface area contributed by atoms with E-state index >= 15 is 0 Å².